The molecule has 0 aliphatic carbocycles. The van der Waals surface area contributed by atoms with E-state index in [0.717, 1.165) is 4.47 Å². The molecule has 0 saturated carbocycles. The first kappa shape index (κ1) is 12.4. The van der Waals surface area contributed by atoms with Crippen LogP contribution in [-0.4, -0.2) is 35.0 Å². The van der Waals surface area contributed by atoms with Gasteiger partial charge in [0.25, 0.3) is 5.91 Å². The highest BCUT2D eigenvalue weighted by atomic mass is 79.9. The number of aliphatic carboxylic acids is 1. The first-order valence-electron chi connectivity index (χ1n) is 4.96. The van der Waals surface area contributed by atoms with Gasteiger partial charge in [-0.15, -0.1) is 0 Å². The molecule has 1 fully saturated rings. The molecule has 0 aromatic heterocycles. The molecule has 1 N–H and O–H groups in total. The van der Waals surface area contributed by atoms with Crippen LogP contribution in [0.2, 0.25) is 5.02 Å². The number of hydrogen-bond donors (Lipinski definition) is 1. The van der Waals surface area contributed by atoms with Crippen LogP contribution in [0.3, 0.4) is 0 Å². The molecule has 0 unspecified atom stereocenters. The molecule has 90 valence electrons. The van der Waals surface area contributed by atoms with Gasteiger partial charge >= 0.3 is 5.97 Å². The van der Waals surface area contributed by atoms with Crippen LogP contribution in [0.4, 0.5) is 0 Å². The minimum absolute atomic E-state index is 0.183. The quantitative estimate of drug-likeness (QED) is 0.910. The Bertz CT molecular complexity index is 486. The summed E-state index contributed by atoms with van der Waals surface area (Å²) in [6.45, 7) is 0.531. The fraction of sp³-hybridized carbons (Fsp3) is 0.273. The summed E-state index contributed by atoms with van der Waals surface area (Å²) in [5.74, 6) is -1.48. The molecular formula is C11H9BrClNO3. The molecule has 6 heteroatoms. The van der Waals surface area contributed by atoms with E-state index in [1.165, 1.54) is 4.90 Å². The van der Waals surface area contributed by atoms with E-state index in [2.05, 4.69) is 15.9 Å². The molecule has 1 aromatic rings. The number of carbonyl (C=O) groups excluding carboxylic acids is 1. The Morgan fingerprint density at radius 1 is 1.41 bits per heavy atom. The lowest BCUT2D eigenvalue weighted by Crippen LogP contribution is -2.53. The van der Waals surface area contributed by atoms with Gasteiger partial charge in [0.15, 0.2) is 0 Å². The number of nitrogens with zero attached hydrogens (tertiary/aromatic N) is 1. The summed E-state index contributed by atoms with van der Waals surface area (Å²) in [4.78, 5) is 24.0. The van der Waals surface area contributed by atoms with E-state index >= 15 is 0 Å². The average molecular weight is 319 g/mol. The Balaban J connectivity index is 2.06. The normalized spacial score (nSPS) is 15.5. The zero-order chi connectivity index (χ0) is 12.6. The first-order chi connectivity index (χ1) is 7.99. The molecule has 0 radical (unpaired) electrons. The monoisotopic (exact) mass is 317 g/mol. The number of benzene rings is 1. The van der Waals surface area contributed by atoms with Gasteiger partial charge in [0.05, 0.1) is 10.9 Å². The van der Waals surface area contributed by atoms with Crippen molar-refractivity contribution in [2.45, 2.75) is 0 Å². The third-order valence-corrected chi connectivity index (χ3v) is 3.92. The van der Waals surface area contributed by atoms with Gasteiger partial charge < -0.3 is 10.0 Å². The molecule has 0 spiro atoms. The van der Waals surface area contributed by atoms with Crippen LogP contribution in [0.15, 0.2) is 22.7 Å². The van der Waals surface area contributed by atoms with Crippen molar-refractivity contribution >= 4 is 39.4 Å². The molecule has 1 aliphatic rings. The third-order valence-electron chi connectivity index (χ3n) is 2.68. The van der Waals surface area contributed by atoms with Gasteiger partial charge in [0.2, 0.25) is 0 Å². The summed E-state index contributed by atoms with van der Waals surface area (Å²) in [7, 11) is 0. The van der Waals surface area contributed by atoms with Crippen molar-refractivity contribution in [1.82, 2.24) is 4.90 Å². The van der Waals surface area contributed by atoms with Crippen LogP contribution in [0, 0.1) is 5.92 Å². The number of likely N-dealkylation sites (tertiary alicyclic amines) is 1. The Hall–Kier alpha value is -1.07. The van der Waals surface area contributed by atoms with Crippen molar-refractivity contribution in [3.05, 3.63) is 33.3 Å². The largest absolute Gasteiger partial charge is 0.481 e. The van der Waals surface area contributed by atoms with Crippen LogP contribution in [0.1, 0.15) is 10.4 Å². The molecule has 0 bridgehead atoms. The highest BCUT2D eigenvalue weighted by Gasteiger charge is 2.35. The van der Waals surface area contributed by atoms with Gasteiger partial charge in [-0.05, 0) is 34.1 Å². The molecule has 17 heavy (non-hydrogen) atoms. The summed E-state index contributed by atoms with van der Waals surface area (Å²) in [6, 6.07) is 4.93. The van der Waals surface area contributed by atoms with Crippen LogP contribution < -0.4 is 0 Å². The van der Waals surface area contributed by atoms with Crippen LogP contribution in [-0.2, 0) is 4.79 Å². The number of rotatable bonds is 2. The lowest BCUT2D eigenvalue weighted by molar-refractivity contribution is -0.146. The molecule has 1 aromatic carbocycles. The molecule has 1 saturated heterocycles. The highest BCUT2D eigenvalue weighted by molar-refractivity contribution is 9.10. The molecule has 1 amide bonds. The Morgan fingerprint density at radius 2 is 2.06 bits per heavy atom. The summed E-state index contributed by atoms with van der Waals surface area (Å²) < 4.78 is 0.725. The van der Waals surface area contributed by atoms with Crippen LogP contribution in [0.5, 0.6) is 0 Å². The predicted octanol–water partition coefficient (Wildman–Crippen LogP) is 2.26. The highest BCUT2D eigenvalue weighted by Crippen LogP contribution is 2.25. The topological polar surface area (TPSA) is 57.6 Å². The number of carbonyl (C=O) groups is 2. The number of amides is 1. The molecule has 4 nitrogen and oxygen atoms in total. The minimum atomic E-state index is -0.858. The van der Waals surface area contributed by atoms with Crippen LogP contribution in [0.25, 0.3) is 0 Å². The van der Waals surface area contributed by atoms with Crippen molar-refractivity contribution in [1.29, 1.82) is 0 Å². The predicted molar refractivity (Wildman–Crippen MR) is 66.2 cm³/mol. The van der Waals surface area contributed by atoms with Gasteiger partial charge in [-0.25, -0.2) is 0 Å². The third kappa shape index (κ3) is 2.45. The lowest BCUT2D eigenvalue weighted by Gasteiger charge is -2.36. The van der Waals surface area contributed by atoms with Gasteiger partial charge in [-0.1, -0.05) is 11.6 Å². The van der Waals surface area contributed by atoms with Crippen molar-refractivity contribution < 1.29 is 14.7 Å². The van der Waals surface area contributed by atoms with E-state index < -0.39 is 11.9 Å². The van der Waals surface area contributed by atoms with Gasteiger partial charge in [-0.3, -0.25) is 9.59 Å². The van der Waals surface area contributed by atoms with E-state index in [1.807, 2.05) is 0 Å². The van der Waals surface area contributed by atoms with Gasteiger partial charge in [0.1, 0.15) is 0 Å². The van der Waals surface area contributed by atoms with Crippen molar-refractivity contribution in [3.63, 3.8) is 0 Å². The summed E-state index contributed by atoms with van der Waals surface area (Å²) >= 11 is 9.13. The van der Waals surface area contributed by atoms with Gasteiger partial charge in [-0.2, -0.15) is 0 Å². The van der Waals surface area contributed by atoms with E-state index in [0.29, 0.717) is 10.6 Å². The number of hydrogen-bond acceptors (Lipinski definition) is 2. The van der Waals surface area contributed by atoms with E-state index in [-0.39, 0.29) is 19.0 Å². The fourth-order valence-electron chi connectivity index (χ4n) is 1.61. The Morgan fingerprint density at radius 3 is 2.59 bits per heavy atom. The summed E-state index contributed by atoms with van der Waals surface area (Å²) in [6.07, 6.45) is 0. The molecule has 0 atom stereocenters. The number of carboxylic acids is 1. The maximum Gasteiger partial charge on any atom is 0.310 e. The minimum Gasteiger partial charge on any atom is -0.481 e. The fourth-order valence-corrected chi connectivity index (χ4v) is 2.04. The summed E-state index contributed by atoms with van der Waals surface area (Å²) in [5.41, 5.74) is 0.474. The SMILES string of the molecule is O=C(O)C1CN(C(=O)c2ccc(Br)c(Cl)c2)C1. The summed E-state index contributed by atoms with van der Waals surface area (Å²) in [5, 5.41) is 9.18. The van der Waals surface area contributed by atoms with E-state index in [4.69, 9.17) is 16.7 Å². The van der Waals surface area contributed by atoms with Crippen LogP contribution >= 0.6 is 27.5 Å². The maximum absolute atomic E-state index is 11.9. The molecule has 1 heterocycles. The zero-order valence-electron chi connectivity index (χ0n) is 8.69. The van der Waals surface area contributed by atoms with E-state index in [9.17, 15) is 9.59 Å². The average Bonchev–Trinajstić information content (AvgIpc) is 2.19. The molecule has 2 rings (SSSR count). The smallest absolute Gasteiger partial charge is 0.310 e. The standard InChI is InChI=1S/C11H9BrClNO3/c12-8-2-1-6(3-9(8)13)10(15)14-4-7(5-14)11(16)17/h1-3,7H,4-5H2,(H,16,17). The lowest BCUT2D eigenvalue weighted by atomic mass is 9.99. The number of halogens is 2. The zero-order valence-corrected chi connectivity index (χ0v) is 11.0. The van der Waals surface area contributed by atoms with Crippen molar-refractivity contribution in [3.8, 4) is 0 Å². The molecular weight excluding hydrogens is 309 g/mol. The Labute approximate surface area is 111 Å². The first-order valence-corrected chi connectivity index (χ1v) is 6.13. The van der Waals surface area contributed by atoms with E-state index in [1.54, 1.807) is 18.2 Å². The second kappa shape index (κ2) is 4.66. The van der Waals surface area contributed by atoms with Crippen molar-refractivity contribution in [2.24, 2.45) is 5.92 Å². The van der Waals surface area contributed by atoms with Crippen molar-refractivity contribution in [2.75, 3.05) is 13.1 Å². The Kier molecular flexibility index (Phi) is 3.40. The van der Waals surface area contributed by atoms with Gasteiger partial charge in [0, 0.05) is 23.1 Å². The second-order valence-electron chi connectivity index (χ2n) is 3.87. The molecule has 1 aliphatic heterocycles. The maximum atomic E-state index is 11.9. The number of carboxylic acid groups (broad SMARTS) is 1. The second-order valence-corrected chi connectivity index (χ2v) is 5.14.